The molecule has 0 saturated carbocycles. The van der Waals surface area contributed by atoms with Crippen molar-refractivity contribution >= 4 is 41.1 Å². The third-order valence-electron chi connectivity index (χ3n) is 2.90. The number of halogens is 2. The van der Waals surface area contributed by atoms with Crippen LogP contribution in [0.5, 0.6) is 5.75 Å². The van der Waals surface area contributed by atoms with E-state index in [-0.39, 0.29) is 0 Å². The Morgan fingerprint density at radius 3 is 2.73 bits per heavy atom. The summed E-state index contributed by atoms with van der Waals surface area (Å²) in [5.41, 5.74) is 2.44. The van der Waals surface area contributed by atoms with Gasteiger partial charge in [0.2, 0.25) is 0 Å². The van der Waals surface area contributed by atoms with Gasteiger partial charge in [-0.15, -0.1) is 0 Å². The minimum Gasteiger partial charge on any atom is -0.480 e. The Morgan fingerprint density at radius 1 is 1.27 bits per heavy atom. The van der Waals surface area contributed by atoms with Crippen LogP contribution in [0.3, 0.4) is 0 Å². The summed E-state index contributed by atoms with van der Waals surface area (Å²) in [4.78, 5) is 14.8. The molecule has 2 rings (SSSR count). The van der Waals surface area contributed by atoms with Gasteiger partial charge in [-0.1, -0.05) is 29.3 Å². The van der Waals surface area contributed by atoms with Crippen molar-refractivity contribution in [2.45, 2.75) is 6.92 Å². The van der Waals surface area contributed by atoms with Gasteiger partial charge >= 0.3 is 5.97 Å². The van der Waals surface area contributed by atoms with Crippen LogP contribution in [-0.2, 0) is 4.79 Å². The largest absolute Gasteiger partial charge is 0.480 e. The number of aliphatic carboxylic acids is 1. The molecule has 6 heteroatoms. The van der Waals surface area contributed by atoms with Gasteiger partial charge in [-0.3, -0.25) is 4.99 Å². The number of benzene rings is 2. The van der Waals surface area contributed by atoms with Crippen LogP contribution in [0.2, 0.25) is 10.0 Å². The van der Waals surface area contributed by atoms with Crippen LogP contribution < -0.4 is 4.74 Å². The summed E-state index contributed by atoms with van der Waals surface area (Å²) in [7, 11) is 0. The van der Waals surface area contributed by atoms with Crippen LogP contribution in [-0.4, -0.2) is 23.9 Å². The van der Waals surface area contributed by atoms with E-state index in [9.17, 15) is 4.79 Å². The Labute approximate surface area is 138 Å². The van der Waals surface area contributed by atoms with Crippen molar-refractivity contribution in [2.24, 2.45) is 4.99 Å². The van der Waals surface area contributed by atoms with E-state index in [2.05, 4.69) is 4.99 Å². The second-order valence-corrected chi connectivity index (χ2v) is 5.33. The number of carbonyl (C=O) groups is 1. The van der Waals surface area contributed by atoms with Crippen molar-refractivity contribution in [3.63, 3.8) is 0 Å². The molecular weight excluding hydrogens is 325 g/mol. The highest BCUT2D eigenvalue weighted by molar-refractivity contribution is 6.32. The van der Waals surface area contributed by atoms with E-state index >= 15 is 0 Å². The summed E-state index contributed by atoms with van der Waals surface area (Å²) in [5, 5.41) is 9.56. The SMILES string of the molecule is Cc1c(Cl)cccc1N=Cc1ccc(OCC(=O)O)c(Cl)c1. The van der Waals surface area contributed by atoms with Crippen molar-refractivity contribution in [3.05, 3.63) is 57.6 Å². The number of carboxylic acid groups (broad SMARTS) is 1. The van der Waals surface area contributed by atoms with Gasteiger partial charge in [0.25, 0.3) is 0 Å². The minimum absolute atomic E-state index is 0.320. The topological polar surface area (TPSA) is 58.9 Å². The summed E-state index contributed by atoms with van der Waals surface area (Å²) >= 11 is 12.1. The monoisotopic (exact) mass is 337 g/mol. The minimum atomic E-state index is -1.06. The third kappa shape index (κ3) is 4.23. The maximum Gasteiger partial charge on any atom is 0.341 e. The number of nitrogens with zero attached hydrogens (tertiary/aromatic N) is 1. The molecule has 114 valence electrons. The van der Waals surface area contributed by atoms with Crippen molar-refractivity contribution < 1.29 is 14.6 Å². The van der Waals surface area contributed by atoms with Gasteiger partial charge in [0.1, 0.15) is 5.75 Å². The molecule has 0 unspecified atom stereocenters. The molecule has 0 aliphatic carbocycles. The first-order valence-electron chi connectivity index (χ1n) is 6.40. The average molecular weight is 338 g/mol. The number of rotatable bonds is 5. The van der Waals surface area contributed by atoms with E-state index in [1.807, 2.05) is 19.1 Å². The lowest BCUT2D eigenvalue weighted by Crippen LogP contribution is -2.09. The van der Waals surface area contributed by atoms with Crippen molar-refractivity contribution in [1.82, 2.24) is 0 Å². The number of hydrogen-bond acceptors (Lipinski definition) is 3. The second-order valence-electron chi connectivity index (χ2n) is 4.51. The first-order valence-corrected chi connectivity index (χ1v) is 7.16. The molecule has 1 N–H and O–H groups in total. The molecule has 0 spiro atoms. The Balaban J connectivity index is 2.16. The molecule has 0 aromatic heterocycles. The predicted octanol–water partition coefficient (Wildman–Crippen LogP) is 4.52. The fourth-order valence-corrected chi connectivity index (χ4v) is 2.15. The lowest BCUT2D eigenvalue weighted by molar-refractivity contribution is -0.139. The quantitative estimate of drug-likeness (QED) is 0.816. The van der Waals surface area contributed by atoms with Crippen LogP contribution in [0.1, 0.15) is 11.1 Å². The number of ether oxygens (including phenoxy) is 1. The summed E-state index contributed by atoms with van der Waals surface area (Å²) in [6, 6.07) is 10.5. The normalized spacial score (nSPS) is 10.9. The van der Waals surface area contributed by atoms with Gasteiger partial charge in [0, 0.05) is 11.2 Å². The maximum absolute atomic E-state index is 10.5. The van der Waals surface area contributed by atoms with Gasteiger partial charge in [-0.2, -0.15) is 0 Å². The van der Waals surface area contributed by atoms with Gasteiger partial charge < -0.3 is 9.84 Å². The third-order valence-corrected chi connectivity index (χ3v) is 3.60. The Kier molecular flexibility index (Phi) is 5.41. The molecule has 0 amide bonds. The lowest BCUT2D eigenvalue weighted by Gasteiger charge is -2.06. The molecule has 2 aromatic rings. The maximum atomic E-state index is 10.5. The number of carboxylic acids is 1. The molecule has 0 bridgehead atoms. The van der Waals surface area contributed by atoms with E-state index in [1.165, 1.54) is 0 Å². The van der Waals surface area contributed by atoms with Gasteiger partial charge in [0.05, 0.1) is 10.7 Å². The van der Waals surface area contributed by atoms with E-state index < -0.39 is 12.6 Å². The zero-order valence-electron chi connectivity index (χ0n) is 11.7. The zero-order valence-corrected chi connectivity index (χ0v) is 13.2. The molecule has 22 heavy (non-hydrogen) atoms. The smallest absolute Gasteiger partial charge is 0.341 e. The molecule has 2 aromatic carbocycles. The molecule has 4 nitrogen and oxygen atoms in total. The summed E-state index contributed by atoms with van der Waals surface area (Å²) < 4.78 is 5.06. The molecule has 0 radical (unpaired) electrons. The Hall–Kier alpha value is -2.04. The van der Waals surface area contributed by atoms with Gasteiger partial charge in [-0.05, 0) is 48.4 Å². The molecule has 0 aliphatic rings. The predicted molar refractivity (Wildman–Crippen MR) is 88.0 cm³/mol. The first-order chi connectivity index (χ1) is 10.5. The number of aliphatic imine (C=N–C) groups is 1. The highest BCUT2D eigenvalue weighted by Gasteiger charge is 2.05. The summed E-state index contributed by atoms with van der Waals surface area (Å²) in [6.07, 6.45) is 1.66. The van der Waals surface area contributed by atoms with Crippen LogP contribution in [0.4, 0.5) is 5.69 Å². The van der Waals surface area contributed by atoms with E-state index in [4.69, 9.17) is 33.0 Å². The van der Waals surface area contributed by atoms with E-state index in [0.29, 0.717) is 15.8 Å². The highest BCUT2D eigenvalue weighted by atomic mass is 35.5. The van der Waals surface area contributed by atoms with E-state index in [1.54, 1.807) is 30.5 Å². The average Bonchev–Trinajstić information content (AvgIpc) is 2.47. The van der Waals surface area contributed by atoms with Crippen molar-refractivity contribution in [1.29, 1.82) is 0 Å². The van der Waals surface area contributed by atoms with Crippen LogP contribution >= 0.6 is 23.2 Å². The molecule has 0 heterocycles. The summed E-state index contributed by atoms with van der Waals surface area (Å²) in [5.74, 6) is -0.738. The van der Waals surface area contributed by atoms with Gasteiger partial charge in [0.15, 0.2) is 6.61 Å². The van der Waals surface area contributed by atoms with Gasteiger partial charge in [-0.25, -0.2) is 4.79 Å². The molecule has 0 fully saturated rings. The fourth-order valence-electron chi connectivity index (χ4n) is 1.73. The second kappa shape index (κ2) is 7.29. The lowest BCUT2D eigenvalue weighted by atomic mass is 10.2. The molecule has 0 atom stereocenters. The zero-order chi connectivity index (χ0) is 16.1. The fraction of sp³-hybridized carbons (Fsp3) is 0.125. The highest BCUT2D eigenvalue weighted by Crippen LogP contribution is 2.27. The Bertz CT molecular complexity index is 729. The standard InChI is InChI=1S/C16H13Cl2NO3/c1-10-12(17)3-2-4-14(10)19-8-11-5-6-15(13(18)7-11)22-9-16(20)21/h2-8H,9H2,1H3,(H,20,21). The Morgan fingerprint density at radius 2 is 2.05 bits per heavy atom. The van der Waals surface area contributed by atoms with Crippen molar-refractivity contribution in [2.75, 3.05) is 6.61 Å². The van der Waals surface area contributed by atoms with Crippen LogP contribution in [0.15, 0.2) is 41.4 Å². The van der Waals surface area contributed by atoms with Crippen LogP contribution in [0.25, 0.3) is 0 Å². The molecular formula is C16H13Cl2NO3. The summed E-state index contributed by atoms with van der Waals surface area (Å²) in [6.45, 7) is 1.46. The first kappa shape index (κ1) is 16.3. The number of hydrogen-bond donors (Lipinski definition) is 1. The van der Waals surface area contributed by atoms with Crippen LogP contribution in [0, 0.1) is 6.92 Å². The van der Waals surface area contributed by atoms with E-state index in [0.717, 1.165) is 16.8 Å². The van der Waals surface area contributed by atoms with Crippen molar-refractivity contribution in [3.8, 4) is 5.75 Å². The molecule has 0 aliphatic heterocycles. The molecule has 0 saturated heterocycles.